The van der Waals surface area contributed by atoms with Gasteiger partial charge in [-0.15, -0.1) is 0 Å². The maximum absolute atomic E-state index is 13.0. The van der Waals surface area contributed by atoms with Crippen LogP contribution in [0.3, 0.4) is 0 Å². The van der Waals surface area contributed by atoms with Gasteiger partial charge in [0.2, 0.25) is 5.76 Å². The molecule has 0 bridgehead atoms. The Morgan fingerprint density at radius 2 is 1.80 bits per heavy atom. The molecule has 8 heteroatoms. The first-order valence-electron chi connectivity index (χ1n) is 9.64. The van der Waals surface area contributed by atoms with Crippen LogP contribution in [0, 0.1) is 0 Å². The van der Waals surface area contributed by atoms with E-state index in [0.717, 1.165) is 0 Å². The lowest BCUT2D eigenvalue weighted by Gasteiger charge is -2.26. The van der Waals surface area contributed by atoms with E-state index < -0.39 is 12.0 Å². The van der Waals surface area contributed by atoms with E-state index in [9.17, 15) is 9.59 Å². The number of furan rings is 1. The van der Waals surface area contributed by atoms with Gasteiger partial charge < -0.3 is 24.1 Å². The number of anilines is 1. The maximum atomic E-state index is 13.0. The number of fused-ring (bicyclic) bond motifs is 1. The van der Waals surface area contributed by atoms with E-state index >= 15 is 0 Å². The van der Waals surface area contributed by atoms with Crippen molar-refractivity contribution in [3.63, 3.8) is 0 Å². The Labute approximate surface area is 178 Å². The van der Waals surface area contributed by atoms with Crippen LogP contribution in [0.4, 0.5) is 5.69 Å². The summed E-state index contributed by atoms with van der Waals surface area (Å²) in [6, 6.07) is 13.9. The first kappa shape index (κ1) is 20.3. The molecule has 0 spiro atoms. The van der Waals surface area contributed by atoms with Gasteiger partial charge in [-0.2, -0.15) is 0 Å². The van der Waals surface area contributed by atoms with Crippen molar-refractivity contribution in [3.05, 3.63) is 59.3 Å². The molecule has 1 N–H and O–H groups in total. The number of rotatable bonds is 5. The van der Waals surface area contributed by atoms with Crippen molar-refractivity contribution in [2.45, 2.75) is 13.0 Å². The number of carbonyl (C=O) groups is 2. The lowest BCUT2D eigenvalue weighted by atomic mass is 10.2. The van der Waals surface area contributed by atoms with Crippen LogP contribution in [0.1, 0.15) is 17.5 Å². The normalized spacial score (nSPS) is 15.1. The van der Waals surface area contributed by atoms with Crippen LogP contribution < -0.4 is 10.1 Å². The highest BCUT2D eigenvalue weighted by atomic mass is 35.5. The second-order valence-electron chi connectivity index (χ2n) is 6.91. The van der Waals surface area contributed by atoms with Gasteiger partial charge in [-0.3, -0.25) is 9.59 Å². The summed E-state index contributed by atoms with van der Waals surface area (Å²) >= 11 is 5.88. The quantitative estimate of drug-likeness (QED) is 0.665. The third-order valence-electron chi connectivity index (χ3n) is 4.83. The van der Waals surface area contributed by atoms with Crippen LogP contribution in [0.2, 0.25) is 5.02 Å². The summed E-state index contributed by atoms with van der Waals surface area (Å²) < 4.78 is 16.8. The van der Waals surface area contributed by atoms with E-state index in [4.69, 9.17) is 25.5 Å². The van der Waals surface area contributed by atoms with Crippen LogP contribution in [0.5, 0.6) is 5.75 Å². The summed E-state index contributed by atoms with van der Waals surface area (Å²) in [6.07, 6.45) is -0.800. The maximum Gasteiger partial charge on any atom is 0.291 e. The van der Waals surface area contributed by atoms with Crippen molar-refractivity contribution in [1.82, 2.24) is 4.90 Å². The van der Waals surface area contributed by atoms with Gasteiger partial charge in [0.05, 0.1) is 13.2 Å². The summed E-state index contributed by atoms with van der Waals surface area (Å²) in [7, 11) is 0. The molecule has 0 radical (unpaired) electrons. The van der Waals surface area contributed by atoms with Crippen LogP contribution in [0.15, 0.2) is 52.9 Å². The van der Waals surface area contributed by atoms with Gasteiger partial charge in [-0.1, -0.05) is 23.7 Å². The molecule has 1 saturated heterocycles. The Morgan fingerprint density at radius 3 is 2.53 bits per heavy atom. The zero-order valence-corrected chi connectivity index (χ0v) is 17.1. The first-order valence-corrected chi connectivity index (χ1v) is 10.0. The summed E-state index contributed by atoms with van der Waals surface area (Å²) in [5, 5.41) is 4.06. The Bertz CT molecular complexity index is 1060. The fourth-order valence-electron chi connectivity index (χ4n) is 3.23. The molecule has 1 aliphatic heterocycles. The molecule has 156 valence electrons. The summed E-state index contributed by atoms with van der Waals surface area (Å²) in [5.41, 5.74) is 0.870. The van der Waals surface area contributed by atoms with Crippen LogP contribution >= 0.6 is 11.6 Å². The number of hydrogen-bond acceptors (Lipinski definition) is 5. The molecule has 2 heterocycles. The van der Waals surface area contributed by atoms with Crippen molar-refractivity contribution < 1.29 is 23.5 Å². The number of carbonyl (C=O) groups excluding carboxylic acids is 2. The van der Waals surface area contributed by atoms with E-state index in [2.05, 4.69) is 5.32 Å². The second-order valence-corrected chi connectivity index (χ2v) is 7.35. The number of para-hydroxylation sites is 1. The van der Waals surface area contributed by atoms with Gasteiger partial charge in [0, 0.05) is 23.5 Å². The summed E-state index contributed by atoms with van der Waals surface area (Å²) in [4.78, 5) is 27.5. The summed E-state index contributed by atoms with van der Waals surface area (Å²) in [6.45, 7) is 3.52. The Balaban J connectivity index is 1.58. The first-order chi connectivity index (χ1) is 14.5. The number of ether oxygens (including phenoxy) is 2. The number of nitrogens with zero attached hydrogens (tertiary/aromatic N) is 1. The standard InChI is InChI=1S/C22H21ClN2O5/c1-14(29-16-8-6-15(23)7-9-16)21(26)24-19-17-4-2-3-5-18(17)30-20(19)22(27)25-10-12-28-13-11-25/h2-9,14H,10-13H2,1H3,(H,24,26). The molecule has 2 aromatic carbocycles. The molecule has 1 aromatic heterocycles. The van der Waals surface area contributed by atoms with Crippen molar-refractivity contribution >= 4 is 40.1 Å². The number of amides is 2. The highest BCUT2D eigenvalue weighted by Gasteiger charge is 2.28. The van der Waals surface area contributed by atoms with E-state index in [1.165, 1.54) is 0 Å². The average Bonchev–Trinajstić information content (AvgIpc) is 3.13. The minimum Gasteiger partial charge on any atom is -0.481 e. The predicted molar refractivity (Wildman–Crippen MR) is 113 cm³/mol. The van der Waals surface area contributed by atoms with Crippen LogP contribution in [-0.2, 0) is 9.53 Å². The number of nitrogens with one attached hydrogen (secondary N) is 1. The molecular weight excluding hydrogens is 408 g/mol. The van der Waals surface area contributed by atoms with Crippen molar-refractivity contribution in [2.24, 2.45) is 0 Å². The van der Waals surface area contributed by atoms with Crippen LogP contribution in [0.25, 0.3) is 11.0 Å². The molecule has 4 rings (SSSR count). The van der Waals surface area contributed by atoms with E-state index in [-0.39, 0.29) is 11.7 Å². The zero-order chi connectivity index (χ0) is 21.1. The average molecular weight is 429 g/mol. The van der Waals surface area contributed by atoms with E-state index in [1.54, 1.807) is 48.2 Å². The van der Waals surface area contributed by atoms with Gasteiger partial charge in [0.1, 0.15) is 17.0 Å². The number of hydrogen-bond donors (Lipinski definition) is 1. The molecule has 3 aromatic rings. The van der Waals surface area contributed by atoms with E-state index in [1.807, 2.05) is 12.1 Å². The minimum atomic E-state index is -0.800. The molecule has 0 aliphatic carbocycles. The molecule has 0 saturated carbocycles. The number of benzene rings is 2. The highest BCUT2D eigenvalue weighted by molar-refractivity contribution is 6.30. The van der Waals surface area contributed by atoms with Crippen molar-refractivity contribution in [3.8, 4) is 5.75 Å². The zero-order valence-electron chi connectivity index (χ0n) is 16.4. The third-order valence-corrected chi connectivity index (χ3v) is 5.08. The molecular formula is C22H21ClN2O5. The third kappa shape index (κ3) is 4.27. The Morgan fingerprint density at radius 1 is 1.10 bits per heavy atom. The second kappa shape index (κ2) is 8.77. The Hall–Kier alpha value is -3.03. The van der Waals surface area contributed by atoms with Crippen molar-refractivity contribution in [2.75, 3.05) is 31.6 Å². The molecule has 2 amide bonds. The van der Waals surface area contributed by atoms with Crippen LogP contribution in [-0.4, -0.2) is 49.1 Å². The van der Waals surface area contributed by atoms with Crippen molar-refractivity contribution in [1.29, 1.82) is 0 Å². The molecule has 30 heavy (non-hydrogen) atoms. The predicted octanol–water partition coefficient (Wildman–Crippen LogP) is 3.96. The minimum absolute atomic E-state index is 0.102. The van der Waals surface area contributed by atoms with E-state index in [0.29, 0.717) is 53.7 Å². The topological polar surface area (TPSA) is 81.0 Å². The van der Waals surface area contributed by atoms with Gasteiger partial charge in [-0.05, 0) is 43.3 Å². The summed E-state index contributed by atoms with van der Waals surface area (Å²) in [5.74, 6) is -0.0579. The largest absolute Gasteiger partial charge is 0.481 e. The lowest BCUT2D eigenvalue weighted by molar-refractivity contribution is -0.122. The highest BCUT2D eigenvalue weighted by Crippen LogP contribution is 2.32. The van der Waals surface area contributed by atoms with Gasteiger partial charge in [-0.25, -0.2) is 0 Å². The van der Waals surface area contributed by atoms with Gasteiger partial charge in [0.25, 0.3) is 11.8 Å². The molecule has 1 atom stereocenters. The lowest BCUT2D eigenvalue weighted by Crippen LogP contribution is -2.41. The fraction of sp³-hybridized carbons (Fsp3) is 0.273. The SMILES string of the molecule is CC(Oc1ccc(Cl)cc1)C(=O)Nc1c(C(=O)N2CCOCC2)oc2ccccc12. The molecule has 1 fully saturated rings. The molecule has 1 aliphatic rings. The number of halogens is 1. The Kier molecular flexibility index (Phi) is 5.92. The fourth-order valence-corrected chi connectivity index (χ4v) is 3.35. The smallest absolute Gasteiger partial charge is 0.291 e. The van der Waals surface area contributed by atoms with Gasteiger partial charge in [0.15, 0.2) is 6.10 Å². The monoisotopic (exact) mass is 428 g/mol. The number of morpholine rings is 1. The molecule has 1 unspecified atom stereocenters. The van der Waals surface area contributed by atoms with Gasteiger partial charge >= 0.3 is 0 Å². The molecule has 7 nitrogen and oxygen atoms in total.